The highest BCUT2D eigenvalue weighted by Gasteiger charge is 2.00. The van der Waals surface area contributed by atoms with E-state index in [0.717, 1.165) is 28.0 Å². The first kappa shape index (κ1) is 14.6. The molecule has 1 amide bonds. The molecule has 2 N–H and O–H groups in total. The normalized spacial score (nSPS) is 10.2. The molecule has 0 aromatic heterocycles. The van der Waals surface area contributed by atoms with Gasteiger partial charge < -0.3 is 10.6 Å². The van der Waals surface area contributed by atoms with Crippen molar-refractivity contribution in [1.82, 2.24) is 0 Å². The van der Waals surface area contributed by atoms with E-state index in [0.29, 0.717) is 0 Å². The lowest BCUT2D eigenvalue weighted by Gasteiger charge is -2.10. The fraction of sp³-hybridized carbons (Fsp3) is 0.188. The van der Waals surface area contributed by atoms with Crippen LogP contribution in [0.4, 0.5) is 11.4 Å². The van der Waals surface area contributed by atoms with Crippen LogP contribution in [0.1, 0.15) is 18.1 Å². The van der Waals surface area contributed by atoms with Crippen LogP contribution in [0.15, 0.2) is 46.9 Å². The summed E-state index contributed by atoms with van der Waals surface area (Å²) in [7, 11) is 0. The zero-order valence-corrected chi connectivity index (χ0v) is 13.1. The van der Waals surface area contributed by atoms with Crippen molar-refractivity contribution in [1.29, 1.82) is 0 Å². The molecule has 2 aromatic carbocycles. The molecule has 0 aliphatic carbocycles. The summed E-state index contributed by atoms with van der Waals surface area (Å²) in [5.41, 5.74) is 4.27. The lowest BCUT2D eigenvalue weighted by atomic mass is 10.2. The molecule has 0 radical (unpaired) electrons. The third kappa shape index (κ3) is 4.10. The molecule has 0 heterocycles. The van der Waals surface area contributed by atoms with Crippen molar-refractivity contribution in [3.05, 3.63) is 58.1 Å². The second kappa shape index (κ2) is 6.57. The van der Waals surface area contributed by atoms with E-state index in [9.17, 15) is 4.79 Å². The van der Waals surface area contributed by atoms with E-state index in [-0.39, 0.29) is 5.91 Å². The summed E-state index contributed by atoms with van der Waals surface area (Å²) in [4.78, 5) is 10.9. The second-order valence-corrected chi connectivity index (χ2v) is 5.57. The molecule has 0 unspecified atom stereocenters. The largest absolute Gasteiger partial charge is 0.380 e. The number of carbonyl (C=O) groups excluding carboxylic acids is 1. The van der Waals surface area contributed by atoms with Crippen molar-refractivity contribution in [2.45, 2.75) is 20.4 Å². The Morgan fingerprint density at radius 2 is 1.85 bits per heavy atom. The van der Waals surface area contributed by atoms with Gasteiger partial charge in [0.25, 0.3) is 0 Å². The Morgan fingerprint density at radius 3 is 2.45 bits per heavy atom. The molecule has 0 saturated heterocycles. The third-order valence-corrected chi connectivity index (χ3v) is 3.54. The van der Waals surface area contributed by atoms with Gasteiger partial charge in [0.2, 0.25) is 5.91 Å². The highest BCUT2D eigenvalue weighted by atomic mass is 79.9. The van der Waals surface area contributed by atoms with Gasteiger partial charge in [-0.3, -0.25) is 4.79 Å². The fourth-order valence-electron chi connectivity index (χ4n) is 1.87. The Bertz CT molecular complexity index is 608. The molecule has 0 saturated carbocycles. The smallest absolute Gasteiger partial charge is 0.221 e. The van der Waals surface area contributed by atoms with E-state index in [4.69, 9.17) is 0 Å². The standard InChI is InChI=1S/C16H17BrN2O/c1-11-3-8-16(15(17)9-11)18-10-13-4-6-14(7-5-13)19-12(2)20/h3-9,18H,10H2,1-2H3,(H,19,20). The van der Waals surface area contributed by atoms with Gasteiger partial charge in [0.15, 0.2) is 0 Å². The average Bonchev–Trinajstić information content (AvgIpc) is 2.39. The fourth-order valence-corrected chi connectivity index (χ4v) is 2.50. The van der Waals surface area contributed by atoms with Crippen molar-refractivity contribution in [2.24, 2.45) is 0 Å². The Kier molecular flexibility index (Phi) is 4.79. The predicted octanol–water partition coefficient (Wildman–Crippen LogP) is 4.33. The molecule has 20 heavy (non-hydrogen) atoms. The van der Waals surface area contributed by atoms with Crippen molar-refractivity contribution in [2.75, 3.05) is 10.6 Å². The SMILES string of the molecule is CC(=O)Nc1ccc(CNc2ccc(C)cc2Br)cc1. The van der Waals surface area contributed by atoms with Gasteiger partial charge in [-0.2, -0.15) is 0 Å². The van der Waals surface area contributed by atoms with E-state index >= 15 is 0 Å². The predicted molar refractivity (Wildman–Crippen MR) is 87.0 cm³/mol. The Labute approximate surface area is 127 Å². The average molecular weight is 333 g/mol. The van der Waals surface area contributed by atoms with Crippen LogP contribution in [0, 0.1) is 6.92 Å². The maximum absolute atomic E-state index is 10.9. The molecule has 104 valence electrons. The number of hydrogen-bond donors (Lipinski definition) is 2. The quantitative estimate of drug-likeness (QED) is 0.874. The van der Waals surface area contributed by atoms with Gasteiger partial charge in [0.05, 0.1) is 0 Å². The molecule has 4 heteroatoms. The zero-order chi connectivity index (χ0) is 14.5. The summed E-state index contributed by atoms with van der Waals surface area (Å²) >= 11 is 3.55. The van der Waals surface area contributed by atoms with E-state index < -0.39 is 0 Å². The van der Waals surface area contributed by atoms with Crippen LogP contribution >= 0.6 is 15.9 Å². The van der Waals surface area contributed by atoms with Gasteiger partial charge >= 0.3 is 0 Å². The summed E-state index contributed by atoms with van der Waals surface area (Å²) < 4.78 is 1.06. The summed E-state index contributed by atoms with van der Waals surface area (Å²) in [6.07, 6.45) is 0. The minimum absolute atomic E-state index is 0.0561. The van der Waals surface area contributed by atoms with Gasteiger partial charge in [-0.1, -0.05) is 18.2 Å². The van der Waals surface area contributed by atoms with Gasteiger partial charge in [0, 0.05) is 29.3 Å². The number of anilines is 2. The van der Waals surface area contributed by atoms with E-state index in [1.165, 1.54) is 12.5 Å². The lowest BCUT2D eigenvalue weighted by molar-refractivity contribution is -0.114. The summed E-state index contributed by atoms with van der Waals surface area (Å²) in [6.45, 7) is 4.31. The highest BCUT2D eigenvalue weighted by Crippen LogP contribution is 2.24. The molecule has 0 spiro atoms. The molecule has 0 aliphatic heterocycles. The minimum Gasteiger partial charge on any atom is -0.380 e. The first-order valence-corrected chi connectivity index (χ1v) is 7.20. The van der Waals surface area contributed by atoms with Crippen LogP contribution in [0.5, 0.6) is 0 Å². The molecular formula is C16H17BrN2O. The summed E-state index contributed by atoms with van der Waals surface area (Å²) in [5.74, 6) is -0.0561. The molecular weight excluding hydrogens is 316 g/mol. The Balaban J connectivity index is 1.98. The van der Waals surface area contributed by atoms with E-state index in [1.54, 1.807) is 0 Å². The number of aryl methyl sites for hydroxylation is 1. The number of benzene rings is 2. The topological polar surface area (TPSA) is 41.1 Å². The molecule has 0 fully saturated rings. The Morgan fingerprint density at radius 1 is 1.15 bits per heavy atom. The molecule has 0 aliphatic rings. The summed E-state index contributed by atoms with van der Waals surface area (Å²) in [6, 6.07) is 14.0. The van der Waals surface area contributed by atoms with Crippen molar-refractivity contribution >= 4 is 33.2 Å². The number of carbonyl (C=O) groups is 1. The maximum atomic E-state index is 10.9. The highest BCUT2D eigenvalue weighted by molar-refractivity contribution is 9.10. The Hall–Kier alpha value is -1.81. The lowest BCUT2D eigenvalue weighted by Crippen LogP contribution is -2.06. The van der Waals surface area contributed by atoms with Gasteiger partial charge in [-0.05, 0) is 58.2 Å². The van der Waals surface area contributed by atoms with Gasteiger partial charge in [-0.15, -0.1) is 0 Å². The van der Waals surface area contributed by atoms with Crippen molar-refractivity contribution in [3.8, 4) is 0 Å². The van der Waals surface area contributed by atoms with E-state index in [1.807, 2.05) is 24.3 Å². The molecule has 0 bridgehead atoms. The van der Waals surface area contributed by atoms with Crippen LogP contribution in [-0.2, 0) is 11.3 Å². The molecule has 2 rings (SSSR count). The van der Waals surface area contributed by atoms with Crippen LogP contribution in [0.2, 0.25) is 0 Å². The number of halogens is 1. The van der Waals surface area contributed by atoms with E-state index in [2.05, 4.69) is 51.7 Å². The van der Waals surface area contributed by atoms with Crippen molar-refractivity contribution < 1.29 is 4.79 Å². The first-order chi connectivity index (χ1) is 9.54. The van der Waals surface area contributed by atoms with Crippen molar-refractivity contribution in [3.63, 3.8) is 0 Å². The first-order valence-electron chi connectivity index (χ1n) is 6.41. The maximum Gasteiger partial charge on any atom is 0.221 e. The number of rotatable bonds is 4. The van der Waals surface area contributed by atoms with Crippen LogP contribution in [0.25, 0.3) is 0 Å². The second-order valence-electron chi connectivity index (χ2n) is 4.71. The molecule has 2 aromatic rings. The van der Waals surface area contributed by atoms with Gasteiger partial charge in [-0.25, -0.2) is 0 Å². The van der Waals surface area contributed by atoms with Gasteiger partial charge in [0.1, 0.15) is 0 Å². The monoisotopic (exact) mass is 332 g/mol. The van der Waals surface area contributed by atoms with Crippen LogP contribution < -0.4 is 10.6 Å². The minimum atomic E-state index is -0.0561. The number of nitrogens with one attached hydrogen (secondary N) is 2. The van der Waals surface area contributed by atoms with Crippen LogP contribution in [0.3, 0.4) is 0 Å². The number of amides is 1. The third-order valence-electron chi connectivity index (χ3n) is 2.88. The van der Waals surface area contributed by atoms with Crippen LogP contribution in [-0.4, -0.2) is 5.91 Å². The molecule has 0 atom stereocenters. The number of hydrogen-bond acceptors (Lipinski definition) is 2. The zero-order valence-electron chi connectivity index (χ0n) is 11.5. The molecule has 3 nitrogen and oxygen atoms in total. The summed E-state index contributed by atoms with van der Waals surface area (Å²) in [5, 5.41) is 6.14.